The monoisotopic (exact) mass is 309 g/mol. The van der Waals surface area contributed by atoms with Crippen molar-refractivity contribution in [3.63, 3.8) is 0 Å². The molecule has 5 heteroatoms. The first-order valence-electron chi connectivity index (χ1n) is 7.52. The standard InChI is InChI=1S/C16H20ClNO3/c17-13-6-4-12(5-7-13)15(19)18-10-14-11-20-16(21-14)8-2-1-3-9-16/h4-7,14H,1-3,8-11H2,(H,18,19)/t14-/m0/s1. The normalized spacial score (nSPS) is 24.1. The maximum atomic E-state index is 12.0. The van der Waals surface area contributed by atoms with E-state index in [1.807, 2.05) is 0 Å². The van der Waals surface area contributed by atoms with Crippen molar-refractivity contribution in [3.8, 4) is 0 Å². The average Bonchev–Trinajstić information content (AvgIpc) is 2.89. The van der Waals surface area contributed by atoms with Crippen molar-refractivity contribution in [2.24, 2.45) is 0 Å². The van der Waals surface area contributed by atoms with E-state index in [4.69, 9.17) is 21.1 Å². The van der Waals surface area contributed by atoms with Gasteiger partial charge in [0.2, 0.25) is 0 Å². The van der Waals surface area contributed by atoms with Crippen LogP contribution in [0.3, 0.4) is 0 Å². The Morgan fingerprint density at radius 2 is 1.95 bits per heavy atom. The highest BCUT2D eigenvalue weighted by atomic mass is 35.5. The summed E-state index contributed by atoms with van der Waals surface area (Å²) in [7, 11) is 0. The van der Waals surface area contributed by atoms with E-state index in [0.29, 0.717) is 23.7 Å². The van der Waals surface area contributed by atoms with Crippen LogP contribution in [0.25, 0.3) is 0 Å². The minimum Gasteiger partial charge on any atom is -0.349 e. The quantitative estimate of drug-likeness (QED) is 0.933. The van der Waals surface area contributed by atoms with Gasteiger partial charge >= 0.3 is 0 Å². The minimum absolute atomic E-state index is 0.0562. The van der Waals surface area contributed by atoms with Crippen LogP contribution in [0, 0.1) is 0 Å². The SMILES string of the molecule is O=C(NC[C@H]1COC2(CCCCC2)O1)c1ccc(Cl)cc1. The molecule has 1 amide bonds. The number of halogens is 1. The second-order valence-electron chi connectivity index (χ2n) is 5.74. The second-order valence-corrected chi connectivity index (χ2v) is 6.18. The van der Waals surface area contributed by atoms with Gasteiger partial charge in [0.05, 0.1) is 6.61 Å². The van der Waals surface area contributed by atoms with Gasteiger partial charge in [-0.1, -0.05) is 18.0 Å². The fourth-order valence-corrected chi connectivity index (χ4v) is 3.11. The topological polar surface area (TPSA) is 47.6 Å². The summed E-state index contributed by atoms with van der Waals surface area (Å²) in [6.07, 6.45) is 5.45. The number of carbonyl (C=O) groups is 1. The first kappa shape index (κ1) is 14.8. The molecule has 1 aliphatic carbocycles. The highest BCUT2D eigenvalue weighted by molar-refractivity contribution is 6.30. The summed E-state index contributed by atoms with van der Waals surface area (Å²) >= 11 is 5.81. The van der Waals surface area contributed by atoms with Crippen molar-refractivity contribution in [1.82, 2.24) is 5.32 Å². The molecule has 1 N–H and O–H groups in total. The second kappa shape index (κ2) is 6.34. The van der Waals surface area contributed by atoms with E-state index in [1.165, 1.54) is 6.42 Å². The van der Waals surface area contributed by atoms with Gasteiger partial charge in [-0.15, -0.1) is 0 Å². The molecule has 0 aromatic heterocycles. The predicted molar refractivity (Wildman–Crippen MR) is 80.4 cm³/mol. The zero-order valence-electron chi connectivity index (χ0n) is 11.9. The summed E-state index contributed by atoms with van der Waals surface area (Å²) in [6, 6.07) is 6.85. The first-order valence-corrected chi connectivity index (χ1v) is 7.90. The number of nitrogens with one attached hydrogen (secondary N) is 1. The lowest BCUT2D eigenvalue weighted by atomic mass is 9.94. The average molecular weight is 310 g/mol. The summed E-state index contributed by atoms with van der Waals surface area (Å²) < 4.78 is 11.9. The molecule has 114 valence electrons. The molecule has 1 aliphatic heterocycles. The summed E-state index contributed by atoms with van der Waals surface area (Å²) in [5.41, 5.74) is 0.602. The molecular weight excluding hydrogens is 290 g/mol. The van der Waals surface area contributed by atoms with Gasteiger partial charge in [0.25, 0.3) is 5.91 Å². The Morgan fingerprint density at radius 1 is 1.24 bits per heavy atom. The number of hydrogen-bond donors (Lipinski definition) is 1. The third-order valence-corrected chi connectivity index (χ3v) is 4.38. The Labute approximate surface area is 129 Å². The van der Waals surface area contributed by atoms with Crippen LogP contribution < -0.4 is 5.32 Å². The smallest absolute Gasteiger partial charge is 0.251 e. The van der Waals surface area contributed by atoms with Crippen molar-refractivity contribution in [1.29, 1.82) is 0 Å². The van der Waals surface area contributed by atoms with Crippen molar-refractivity contribution >= 4 is 17.5 Å². The molecule has 1 saturated carbocycles. The molecular formula is C16H20ClNO3. The molecule has 0 unspecified atom stereocenters. The van der Waals surface area contributed by atoms with Gasteiger partial charge in [-0.3, -0.25) is 4.79 Å². The van der Waals surface area contributed by atoms with Crippen molar-refractivity contribution in [2.75, 3.05) is 13.2 Å². The van der Waals surface area contributed by atoms with Gasteiger partial charge in [0, 0.05) is 30.0 Å². The van der Waals surface area contributed by atoms with E-state index in [9.17, 15) is 4.79 Å². The highest BCUT2D eigenvalue weighted by Gasteiger charge is 2.42. The Balaban J connectivity index is 1.49. The van der Waals surface area contributed by atoms with E-state index < -0.39 is 0 Å². The Hall–Kier alpha value is -1.10. The summed E-state index contributed by atoms with van der Waals surface area (Å²) in [4.78, 5) is 12.0. The van der Waals surface area contributed by atoms with Gasteiger partial charge in [-0.25, -0.2) is 0 Å². The molecule has 3 rings (SSSR count). The largest absolute Gasteiger partial charge is 0.349 e. The third-order valence-electron chi connectivity index (χ3n) is 4.13. The van der Waals surface area contributed by atoms with Crippen LogP contribution in [0.4, 0.5) is 0 Å². The van der Waals surface area contributed by atoms with Crippen LogP contribution in [-0.4, -0.2) is 30.9 Å². The number of amides is 1. The van der Waals surface area contributed by atoms with Crippen LogP contribution >= 0.6 is 11.6 Å². The first-order chi connectivity index (χ1) is 10.2. The van der Waals surface area contributed by atoms with Gasteiger partial charge < -0.3 is 14.8 Å². The number of rotatable bonds is 3. The molecule has 1 spiro atoms. The van der Waals surface area contributed by atoms with Gasteiger partial charge in [-0.2, -0.15) is 0 Å². The van der Waals surface area contributed by atoms with Crippen LogP contribution in [-0.2, 0) is 9.47 Å². The lowest BCUT2D eigenvalue weighted by Gasteiger charge is -2.31. The fourth-order valence-electron chi connectivity index (χ4n) is 2.98. The highest BCUT2D eigenvalue weighted by Crippen LogP contribution is 2.37. The summed E-state index contributed by atoms with van der Waals surface area (Å²) in [6.45, 7) is 1.03. The van der Waals surface area contributed by atoms with E-state index in [1.54, 1.807) is 24.3 Å². The molecule has 2 fully saturated rings. The summed E-state index contributed by atoms with van der Waals surface area (Å²) in [5.74, 6) is -0.492. The van der Waals surface area contributed by atoms with Crippen LogP contribution in [0.1, 0.15) is 42.5 Å². The Morgan fingerprint density at radius 3 is 2.67 bits per heavy atom. The Bertz CT molecular complexity index is 497. The molecule has 1 aromatic carbocycles. The number of ether oxygens (including phenoxy) is 2. The maximum absolute atomic E-state index is 12.0. The molecule has 0 bridgehead atoms. The zero-order valence-corrected chi connectivity index (χ0v) is 12.7. The molecule has 2 aliphatic rings. The lowest BCUT2D eigenvalue weighted by Crippen LogP contribution is -2.37. The molecule has 1 atom stereocenters. The number of carbonyl (C=O) groups excluding carboxylic acids is 1. The molecule has 21 heavy (non-hydrogen) atoms. The van der Waals surface area contributed by atoms with E-state index >= 15 is 0 Å². The minimum atomic E-state index is -0.381. The number of hydrogen-bond acceptors (Lipinski definition) is 3. The van der Waals surface area contributed by atoms with Crippen molar-refractivity contribution in [3.05, 3.63) is 34.9 Å². The fraction of sp³-hybridized carbons (Fsp3) is 0.562. The lowest BCUT2D eigenvalue weighted by molar-refractivity contribution is -0.186. The van der Waals surface area contributed by atoms with E-state index in [0.717, 1.165) is 25.7 Å². The number of benzene rings is 1. The van der Waals surface area contributed by atoms with Crippen LogP contribution in [0.2, 0.25) is 5.02 Å². The van der Waals surface area contributed by atoms with E-state index in [-0.39, 0.29) is 17.8 Å². The van der Waals surface area contributed by atoms with E-state index in [2.05, 4.69) is 5.32 Å². The van der Waals surface area contributed by atoms with Gasteiger partial charge in [-0.05, 0) is 37.1 Å². The van der Waals surface area contributed by atoms with Crippen LogP contribution in [0.5, 0.6) is 0 Å². The maximum Gasteiger partial charge on any atom is 0.251 e. The zero-order chi connectivity index (χ0) is 14.7. The summed E-state index contributed by atoms with van der Waals surface area (Å²) in [5, 5.41) is 3.52. The third kappa shape index (κ3) is 3.57. The van der Waals surface area contributed by atoms with Gasteiger partial charge in [0.15, 0.2) is 5.79 Å². The molecule has 4 nitrogen and oxygen atoms in total. The molecule has 0 radical (unpaired) electrons. The van der Waals surface area contributed by atoms with Crippen LogP contribution in [0.15, 0.2) is 24.3 Å². The Kier molecular flexibility index (Phi) is 4.48. The molecule has 1 heterocycles. The molecule has 1 aromatic rings. The molecule has 1 saturated heterocycles. The van der Waals surface area contributed by atoms with Gasteiger partial charge in [0.1, 0.15) is 6.10 Å². The van der Waals surface area contributed by atoms with Crippen molar-refractivity contribution in [2.45, 2.75) is 44.0 Å². The van der Waals surface area contributed by atoms with Crippen molar-refractivity contribution < 1.29 is 14.3 Å². The predicted octanol–water partition coefficient (Wildman–Crippen LogP) is 3.15.